The summed E-state index contributed by atoms with van der Waals surface area (Å²) in [6.45, 7) is 10.3. The largest absolute Gasteiger partial charge is 0.393 e. The molecule has 2 aliphatic heterocycles. The number of hydrogen-bond donors (Lipinski definition) is 3. The Balaban J connectivity index is 1.19. The van der Waals surface area contributed by atoms with Gasteiger partial charge in [-0.05, 0) is 96.7 Å². The van der Waals surface area contributed by atoms with Crippen LogP contribution in [0, 0.1) is 45.3 Å². The highest BCUT2D eigenvalue weighted by molar-refractivity contribution is 7.88. The normalized spacial score (nSPS) is 56.0. The zero-order valence-electron chi connectivity index (χ0n) is 24.4. The van der Waals surface area contributed by atoms with E-state index in [1.807, 2.05) is 0 Å². The number of ether oxygens (including phenoxy) is 2. The zero-order chi connectivity index (χ0) is 28.0. The number of sulfonamides is 1. The van der Waals surface area contributed by atoms with Crippen LogP contribution in [-0.4, -0.2) is 84.9 Å². The van der Waals surface area contributed by atoms with Crippen LogP contribution in [0.15, 0.2) is 0 Å². The monoisotopic (exact) mass is 566 g/mol. The Morgan fingerprint density at radius 3 is 2.31 bits per heavy atom. The van der Waals surface area contributed by atoms with E-state index in [4.69, 9.17) is 15.2 Å². The number of nitrogens with two attached hydrogens (primary N) is 1. The van der Waals surface area contributed by atoms with Crippen molar-refractivity contribution in [2.75, 3.05) is 26.0 Å². The van der Waals surface area contributed by atoms with Crippen LogP contribution in [0.4, 0.5) is 0 Å². The van der Waals surface area contributed by atoms with Gasteiger partial charge in [0.1, 0.15) is 0 Å². The maximum absolute atomic E-state index is 12.6. The van der Waals surface area contributed by atoms with E-state index in [1.54, 1.807) is 4.31 Å². The minimum atomic E-state index is -3.40. The van der Waals surface area contributed by atoms with E-state index < -0.39 is 21.7 Å². The van der Waals surface area contributed by atoms with Crippen LogP contribution in [0.5, 0.6) is 0 Å². The number of aliphatic hydroxyl groups is 2. The first-order chi connectivity index (χ1) is 18.1. The van der Waals surface area contributed by atoms with Crippen LogP contribution in [0.2, 0.25) is 0 Å². The Hall–Kier alpha value is -0.290. The van der Waals surface area contributed by atoms with Gasteiger partial charge in [-0.15, -0.1) is 0 Å². The Kier molecular flexibility index (Phi) is 5.79. The predicted octanol–water partition coefficient (Wildman–Crippen LogP) is 2.51. The third-order valence-corrected chi connectivity index (χ3v) is 15.5. The highest BCUT2D eigenvalue weighted by Crippen LogP contribution is 2.87. The minimum absolute atomic E-state index is 0.0840. The second kappa shape index (κ2) is 8.20. The van der Waals surface area contributed by atoms with Crippen LogP contribution in [0.1, 0.15) is 79.1 Å². The third-order valence-electron chi connectivity index (χ3n) is 14.2. The zero-order valence-corrected chi connectivity index (χ0v) is 25.3. The summed E-state index contributed by atoms with van der Waals surface area (Å²) in [5.74, 6) is 1.19. The smallest absolute Gasteiger partial charge is 0.211 e. The molecule has 0 aromatic heterocycles. The summed E-state index contributed by atoms with van der Waals surface area (Å²) in [6.07, 6.45) is 7.75. The molecular weight excluding hydrogens is 516 g/mol. The number of aliphatic hydroxyl groups excluding tert-OH is 2. The van der Waals surface area contributed by atoms with Gasteiger partial charge < -0.3 is 25.4 Å². The minimum Gasteiger partial charge on any atom is -0.393 e. The highest BCUT2D eigenvalue weighted by Gasteiger charge is 2.85. The van der Waals surface area contributed by atoms with Crippen molar-refractivity contribution in [2.24, 2.45) is 51.1 Å². The van der Waals surface area contributed by atoms with Gasteiger partial charge in [-0.2, -0.15) is 4.31 Å². The molecule has 0 aromatic rings. The van der Waals surface area contributed by atoms with Crippen molar-refractivity contribution in [3.63, 3.8) is 0 Å². The number of hydrogen-bond acceptors (Lipinski definition) is 7. The summed E-state index contributed by atoms with van der Waals surface area (Å²) >= 11 is 0. The molecule has 39 heavy (non-hydrogen) atoms. The van der Waals surface area contributed by atoms with Gasteiger partial charge in [0.15, 0.2) is 0 Å². The van der Waals surface area contributed by atoms with Crippen molar-refractivity contribution in [3.8, 4) is 0 Å². The summed E-state index contributed by atoms with van der Waals surface area (Å²) in [5.41, 5.74) is 7.01. The van der Waals surface area contributed by atoms with Gasteiger partial charge in [0.2, 0.25) is 10.0 Å². The number of nitrogens with zero attached hydrogens (tertiary/aromatic N) is 1. The highest BCUT2D eigenvalue weighted by atomic mass is 32.2. The second-order valence-electron chi connectivity index (χ2n) is 15.8. The van der Waals surface area contributed by atoms with E-state index in [1.165, 1.54) is 12.7 Å². The number of rotatable bonds is 4. The molecule has 5 saturated carbocycles. The van der Waals surface area contributed by atoms with E-state index in [9.17, 15) is 18.6 Å². The fourth-order valence-electron chi connectivity index (χ4n) is 12.3. The van der Waals surface area contributed by atoms with Gasteiger partial charge >= 0.3 is 0 Å². The molecule has 8 nitrogen and oxygen atoms in total. The van der Waals surface area contributed by atoms with E-state index in [0.717, 1.165) is 44.9 Å². The van der Waals surface area contributed by atoms with E-state index >= 15 is 0 Å². The molecule has 4 N–H and O–H groups in total. The predicted molar refractivity (Wildman–Crippen MR) is 147 cm³/mol. The molecule has 0 aromatic carbocycles. The molecule has 0 bridgehead atoms. The maximum Gasteiger partial charge on any atom is 0.211 e. The van der Waals surface area contributed by atoms with Gasteiger partial charge in [-0.25, -0.2) is 8.42 Å². The molecule has 9 heteroatoms. The van der Waals surface area contributed by atoms with Crippen molar-refractivity contribution in [1.82, 2.24) is 4.31 Å². The van der Waals surface area contributed by atoms with E-state index in [2.05, 4.69) is 27.7 Å². The van der Waals surface area contributed by atoms with Gasteiger partial charge in [0, 0.05) is 6.54 Å². The quantitative estimate of drug-likeness (QED) is 0.478. The van der Waals surface area contributed by atoms with Crippen molar-refractivity contribution in [3.05, 3.63) is 0 Å². The topological polar surface area (TPSA) is 122 Å². The lowest BCUT2D eigenvalue weighted by Crippen LogP contribution is -2.70. The Bertz CT molecular complexity index is 1140. The van der Waals surface area contributed by atoms with Crippen LogP contribution in [0.3, 0.4) is 0 Å². The first kappa shape index (κ1) is 27.5. The van der Waals surface area contributed by atoms with E-state index in [0.29, 0.717) is 25.7 Å². The maximum atomic E-state index is 12.6. The van der Waals surface area contributed by atoms with Crippen LogP contribution in [0.25, 0.3) is 0 Å². The second-order valence-corrected chi connectivity index (χ2v) is 17.8. The lowest BCUT2D eigenvalue weighted by atomic mass is 9.43. The van der Waals surface area contributed by atoms with Gasteiger partial charge in [0.05, 0.1) is 55.5 Å². The molecule has 7 fully saturated rings. The summed E-state index contributed by atoms with van der Waals surface area (Å²) in [5, 5.41) is 23.1. The third kappa shape index (κ3) is 3.25. The molecule has 12 unspecified atom stereocenters. The fourth-order valence-corrected chi connectivity index (χ4v) is 13.4. The SMILES string of the molecule is CC1CC(CN(C2COC2)S(C)(=O)=O)OC2C1C1(C)CCC34CC35CCC(O)C(C)(C)C5CCC4C1(N)C2O. The lowest BCUT2D eigenvalue weighted by molar-refractivity contribution is -0.152. The molecule has 12 atom stereocenters. The molecule has 2 heterocycles. The lowest BCUT2D eigenvalue weighted by Gasteiger charge is -2.63. The average Bonchev–Trinajstić information content (AvgIpc) is 3.45. The van der Waals surface area contributed by atoms with Crippen LogP contribution < -0.4 is 5.73 Å². The fraction of sp³-hybridized carbons (Fsp3) is 1.00. The standard InChI is InChI=1S/C30H50N2O6S/c1-17-12-19(13-32(39(5,35)36)18-14-37-15-18)38-24-23(17)27(4)10-11-29-16-28(29)9-8-22(33)26(2,3)20(28)6-7-21(29)30(27,31)25(24)34/h17-25,33-34H,6-16,31H2,1-5H3. The molecular formula is C30H50N2O6S. The summed E-state index contributed by atoms with van der Waals surface area (Å²) in [7, 11) is -3.40. The first-order valence-electron chi connectivity index (χ1n) is 15.5. The van der Waals surface area contributed by atoms with E-state index in [-0.39, 0.29) is 63.8 Å². The average molecular weight is 567 g/mol. The van der Waals surface area contributed by atoms with Crippen molar-refractivity contribution in [2.45, 2.75) is 115 Å². The van der Waals surface area contributed by atoms with Crippen LogP contribution >= 0.6 is 0 Å². The summed E-state index contributed by atoms with van der Waals surface area (Å²) in [4.78, 5) is 0. The van der Waals surface area contributed by atoms with Crippen molar-refractivity contribution < 1.29 is 28.1 Å². The van der Waals surface area contributed by atoms with Crippen LogP contribution in [-0.2, 0) is 19.5 Å². The molecule has 0 amide bonds. The molecule has 7 aliphatic rings. The Labute approximate surface area is 234 Å². The summed E-state index contributed by atoms with van der Waals surface area (Å²) < 4.78 is 38.8. The molecule has 2 spiro atoms. The van der Waals surface area contributed by atoms with Crippen molar-refractivity contribution in [1.29, 1.82) is 0 Å². The Morgan fingerprint density at radius 2 is 1.67 bits per heavy atom. The first-order valence-corrected chi connectivity index (χ1v) is 17.3. The van der Waals surface area contributed by atoms with Gasteiger partial charge in [0.25, 0.3) is 0 Å². The summed E-state index contributed by atoms with van der Waals surface area (Å²) in [6, 6.07) is -0.134. The molecule has 7 rings (SSSR count). The molecule has 0 radical (unpaired) electrons. The van der Waals surface area contributed by atoms with Gasteiger partial charge in [-0.1, -0.05) is 27.7 Å². The van der Waals surface area contributed by atoms with Gasteiger partial charge in [-0.3, -0.25) is 0 Å². The molecule has 2 saturated heterocycles. The number of fused-ring (bicyclic) bond motifs is 4. The Morgan fingerprint density at radius 1 is 1.00 bits per heavy atom. The van der Waals surface area contributed by atoms with Crippen molar-refractivity contribution >= 4 is 10.0 Å². The molecule has 222 valence electrons. The molecule has 5 aliphatic carbocycles.